The van der Waals surface area contributed by atoms with Crippen molar-refractivity contribution in [2.75, 3.05) is 5.73 Å². The molecule has 0 saturated carbocycles. The van der Waals surface area contributed by atoms with E-state index in [2.05, 4.69) is 22.0 Å². The number of nitrogen functional groups attached to an aromatic ring is 1. The highest BCUT2D eigenvalue weighted by Crippen LogP contribution is 2.37. The lowest BCUT2D eigenvalue weighted by atomic mass is 10.1. The highest BCUT2D eigenvalue weighted by atomic mass is 79.9. The van der Waals surface area contributed by atoms with Crippen molar-refractivity contribution < 1.29 is 0 Å². The average Bonchev–Trinajstić information content (AvgIpc) is 2.45. The van der Waals surface area contributed by atoms with Gasteiger partial charge in [0.25, 0.3) is 0 Å². The molecule has 0 radical (unpaired) electrons. The number of thiophene rings is 1. The Labute approximate surface area is 94.1 Å². The lowest BCUT2D eigenvalue weighted by Gasteiger charge is -1.96. The van der Waals surface area contributed by atoms with Crippen molar-refractivity contribution in [3.8, 4) is 6.07 Å². The molecule has 0 unspecified atom stereocenters. The molecule has 14 heavy (non-hydrogen) atoms. The van der Waals surface area contributed by atoms with Crippen LogP contribution in [0.1, 0.15) is 5.56 Å². The number of nitriles is 1. The van der Waals surface area contributed by atoms with E-state index in [4.69, 9.17) is 11.0 Å². The molecule has 0 aliphatic carbocycles. The Kier molecular flexibility index (Phi) is 2.44. The van der Waals surface area contributed by atoms with E-state index in [-0.39, 0.29) is 0 Å². The second kappa shape index (κ2) is 3.60. The first-order valence-corrected chi connectivity index (χ1v) is 5.67. The maximum atomic E-state index is 8.70. The predicted molar refractivity (Wildman–Crippen MR) is 63.3 cm³/mol. The lowest BCUT2D eigenvalue weighted by molar-refractivity contribution is 1.30. The summed E-state index contributed by atoms with van der Waals surface area (Å²) in [6, 6.07) is 8.09. The van der Waals surface area contributed by atoms with Gasteiger partial charge in [-0.2, -0.15) is 5.26 Å². The van der Waals surface area contributed by atoms with Gasteiger partial charge in [0.1, 0.15) is 0 Å². The molecule has 2 aromatic rings. The molecule has 0 fully saturated rings. The van der Waals surface area contributed by atoms with Crippen LogP contribution in [0.25, 0.3) is 10.1 Å². The average molecular weight is 267 g/mol. The molecule has 0 atom stereocenters. The fourth-order valence-electron chi connectivity index (χ4n) is 1.44. The number of benzene rings is 1. The first kappa shape index (κ1) is 9.50. The van der Waals surface area contributed by atoms with Crippen molar-refractivity contribution >= 4 is 42.4 Å². The lowest BCUT2D eigenvalue weighted by Crippen LogP contribution is -1.87. The highest BCUT2D eigenvalue weighted by Gasteiger charge is 2.11. The summed E-state index contributed by atoms with van der Waals surface area (Å²) in [5, 5.41) is 10.5. The van der Waals surface area contributed by atoms with Crippen LogP contribution in [0.5, 0.6) is 0 Å². The number of nitrogens with zero attached hydrogens (tertiary/aromatic N) is 1. The minimum Gasteiger partial charge on any atom is -0.390 e. The molecule has 0 amide bonds. The van der Waals surface area contributed by atoms with Gasteiger partial charge in [-0.25, -0.2) is 0 Å². The van der Waals surface area contributed by atoms with E-state index < -0.39 is 0 Å². The van der Waals surface area contributed by atoms with Crippen molar-refractivity contribution in [1.82, 2.24) is 0 Å². The Morgan fingerprint density at radius 3 is 3.00 bits per heavy atom. The fraction of sp³-hybridized carbons (Fsp3) is 0.100. The molecule has 2 N–H and O–H groups in total. The smallest absolute Gasteiger partial charge is 0.0912 e. The summed E-state index contributed by atoms with van der Waals surface area (Å²) in [7, 11) is 0. The van der Waals surface area contributed by atoms with E-state index in [9.17, 15) is 0 Å². The summed E-state index contributed by atoms with van der Waals surface area (Å²) in [4.78, 5) is 0. The van der Waals surface area contributed by atoms with Gasteiger partial charge in [0, 0.05) is 20.1 Å². The molecule has 2 nitrogen and oxygen atoms in total. The second-order valence-corrected chi connectivity index (χ2v) is 4.83. The molecule has 4 heteroatoms. The van der Waals surface area contributed by atoms with E-state index in [1.165, 1.54) is 11.3 Å². The molecule has 0 aliphatic heterocycles. The van der Waals surface area contributed by atoms with E-state index >= 15 is 0 Å². The molecule has 1 aromatic heterocycles. The van der Waals surface area contributed by atoms with Gasteiger partial charge in [0.05, 0.1) is 17.5 Å². The van der Waals surface area contributed by atoms with Crippen LogP contribution in [0.15, 0.2) is 22.7 Å². The van der Waals surface area contributed by atoms with Gasteiger partial charge in [-0.05, 0) is 12.1 Å². The Balaban J connectivity index is 2.81. The maximum Gasteiger partial charge on any atom is 0.0912 e. The molecule has 2 rings (SSSR count). The first-order chi connectivity index (χ1) is 6.74. The van der Waals surface area contributed by atoms with Gasteiger partial charge in [0.15, 0.2) is 0 Å². The quantitative estimate of drug-likeness (QED) is 0.861. The molecule has 0 aliphatic rings. The van der Waals surface area contributed by atoms with E-state index in [0.29, 0.717) is 6.42 Å². The van der Waals surface area contributed by atoms with Gasteiger partial charge < -0.3 is 5.73 Å². The van der Waals surface area contributed by atoms with Gasteiger partial charge in [-0.3, -0.25) is 0 Å². The van der Waals surface area contributed by atoms with Gasteiger partial charge >= 0.3 is 0 Å². The summed E-state index contributed by atoms with van der Waals surface area (Å²) in [6.07, 6.45) is 0.369. The van der Waals surface area contributed by atoms with Crippen molar-refractivity contribution in [3.05, 3.63) is 28.2 Å². The third-order valence-electron chi connectivity index (χ3n) is 2.05. The topological polar surface area (TPSA) is 49.8 Å². The van der Waals surface area contributed by atoms with Crippen LogP contribution in [-0.4, -0.2) is 0 Å². The number of rotatable bonds is 1. The molecular weight excluding hydrogens is 260 g/mol. The van der Waals surface area contributed by atoms with Gasteiger partial charge in [-0.1, -0.05) is 22.0 Å². The normalized spacial score (nSPS) is 10.3. The number of anilines is 1. The Morgan fingerprint density at radius 1 is 1.50 bits per heavy atom. The molecular formula is C10H7BrN2S. The molecule has 0 saturated heterocycles. The molecule has 1 heterocycles. The SMILES string of the molecule is N#CCc1c(N)sc2cccc(Br)c12. The number of hydrogen-bond acceptors (Lipinski definition) is 3. The van der Waals surface area contributed by atoms with Crippen molar-refractivity contribution in [2.45, 2.75) is 6.42 Å². The zero-order valence-corrected chi connectivity index (χ0v) is 9.65. The molecule has 70 valence electrons. The van der Waals surface area contributed by atoms with Crippen LogP contribution in [0.4, 0.5) is 5.00 Å². The maximum absolute atomic E-state index is 8.70. The summed E-state index contributed by atoms with van der Waals surface area (Å²) >= 11 is 5.00. The Hall–Kier alpha value is -1.05. The van der Waals surface area contributed by atoms with E-state index in [1.807, 2.05) is 18.2 Å². The highest BCUT2D eigenvalue weighted by molar-refractivity contribution is 9.10. The second-order valence-electron chi connectivity index (χ2n) is 2.89. The first-order valence-electron chi connectivity index (χ1n) is 4.06. The standard InChI is InChI=1S/C10H7BrN2S/c11-7-2-1-3-8-9(7)6(4-5-12)10(13)14-8/h1-3H,4,13H2. The fourth-order valence-corrected chi connectivity index (χ4v) is 3.19. The Bertz CT molecular complexity index is 525. The number of halogens is 1. The summed E-state index contributed by atoms with van der Waals surface area (Å²) in [6.45, 7) is 0. The number of hydrogen-bond donors (Lipinski definition) is 1. The van der Waals surface area contributed by atoms with Crippen LogP contribution >= 0.6 is 27.3 Å². The number of nitrogens with two attached hydrogens (primary N) is 1. The number of fused-ring (bicyclic) bond motifs is 1. The largest absolute Gasteiger partial charge is 0.390 e. The van der Waals surface area contributed by atoms with Crippen LogP contribution in [0.3, 0.4) is 0 Å². The zero-order chi connectivity index (χ0) is 10.1. The minimum atomic E-state index is 0.369. The van der Waals surface area contributed by atoms with Crippen LogP contribution < -0.4 is 5.73 Å². The third kappa shape index (κ3) is 1.39. The van der Waals surface area contributed by atoms with Crippen molar-refractivity contribution in [1.29, 1.82) is 5.26 Å². The molecule has 0 bridgehead atoms. The van der Waals surface area contributed by atoms with Crippen molar-refractivity contribution in [3.63, 3.8) is 0 Å². The van der Waals surface area contributed by atoms with Crippen molar-refractivity contribution in [2.24, 2.45) is 0 Å². The summed E-state index contributed by atoms with van der Waals surface area (Å²) in [5.74, 6) is 0. The van der Waals surface area contributed by atoms with Crippen LogP contribution in [0.2, 0.25) is 0 Å². The van der Waals surface area contributed by atoms with E-state index in [1.54, 1.807) is 0 Å². The Morgan fingerprint density at radius 2 is 2.29 bits per heavy atom. The van der Waals surface area contributed by atoms with E-state index in [0.717, 1.165) is 25.1 Å². The molecule has 0 spiro atoms. The molecule has 1 aromatic carbocycles. The minimum absolute atomic E-state index is 0.369. The monoisotopic (exact) mass is 266 g/mol. The van der Waals surface area contributed by atoms with Gasteiger partial charge in [-0.15, -0.1) is 11.3 Å². The zero-order valence-electron chi connectivity index (χ0n) is 7.25. The predicted octanol–water partition coefficient (Wildman–Crippen LogP) is 3.31. The third-order valence-corrected chi connectivity index (χ3v) is 3.74. The summed E-state index contributed by atoms with van der Waals surface area (Å²) in [5.41, 5.74) is 6.80. The van der Waals surface area contributed by atoms with Crippen LogP contribution in [0, 0.1) is 11.3 Å². The summed E-state index contributed by atoms with van der Waals surface area (Å²) < 4.78 is 2.13. The van der Waals surface area contributed by atoms with Crippen LogP contribution in [-0.2, 0) is 6.42 Å². The van der Waals surface area contributed by atoms with Gasteiger partial charge in [0.2, 0.25) is 0 Å².